The van der Waals surface area contributed by atoms with Crippen molar-refractivity contribution in [1.82, 2.24) is 20.1 Å². The first kappa shape index (κ1) is 19.2. The zero-order chi connectivity index (χ0) is 20.2. The maximum absolute atomic E-state index is 13.1. The molecule has 1 saturated heterocycles. The topological polar surface area (TPSA) is 71.1 Å². The Morgan fingerprint density at radius 2 is 2.00 bits per heavy atom. The number of hydrogen-bond acceptors (Lipinski definition) is 4. The van der Waals surface area contributed by atoms with Crippen molar-refractivity contribution in [3.8, 4) is 17.1 Å². The summed E-state index contributed by atoms with van der Waals surface area (Å²) >= 11 is 0. The highest BCUT2D eigenvalue weighted by Crippen LogP contribution is 2.25. The molecule has 0 saturated carbocycles. The normalized spacial score (nSPS) is 19.2. The fourth-order valence-corrected chi connectivity index (χ4v) is 3.96. The molecule has 1 aliphatic heterocycles. The molecule has 0 spiro atoms. The Hall–Kier alpha value is -3.15. The summed E-state index contributed by atoms with van der Waals surface area (Å²) in [4.78, 5) is 19.5. The highest BCUT2D eigenvalue weighted by Gasteiger charge is 2.29. The van der Waals surface area contributed by atoms with Gasteiger partial charge in [0, 0.05) is 23.8 Å². The summed E-state index contributed by atoms with van der Waals surface area (Å²) < 4.78 is 5.87. The van der Waals surface area contributed by atoms with E-state index in [4.69, 9.17) is 4.74 Å². The Bertz CT molecular complexity index is 943. The summed E-state index contributed by atoms with van der Waals surface area (Å²) in [6.45, 7) is 4.66. The summed E-state index contributed by atoms with van der Waals surface area (Å²) in [7, 11) is 0. The zero-order valence-corrected chi connectivity index (χ0v) is 16.8. The van der Waals surface area contributed by atoms with Crippen LogP contribution in [0.25, 0.3) is 11.4 Å². The minimum Gasteiger partial charge on any atom is -0.487 e. The Labute approximate surface area is 170 Å². The molecule has 2 unspecified atom stereocenters. The van der Waals surface area contributed by atoms with Gasteiger partial charge in [0.1, 0.15) is 12.4 Å². The molecular formula is C23H26N4O2. The fraction of sp³-hybridized carbons (Fsp3) is 0.348. The van der Waals surface area contributed by atoms with Gasteiger partial charge in [-0.05, 0) is 69.0 Å². The van der Waals surface area contributed by atoms with E-state index in [0.29, 0.717) is 12.4 Å². The molecule has 2 aromatic heterocycles. The summed E-state index contributed by atoms with van der Waals surface area (Å²) in [6.07, 6.45) is 6.72. The van der Waals surface area contributed by atoms with Gasteiger partial charge >= 0.3 is 0 Å². The molecular weight excluding hydrogens is 364 g/mol. The molecule has 1 fully saturated rings. The quantitative estimate of drug-likeness (QED) is 0.698. The summed E-state index contributed by atoms with van der Waals surface area (Å²) in [6, 6.07) is 13.9. The molecule has 1 aliphatic rings. The van der Waals surface area contributed by atoms with Crippen LogP contribution in [-0.4, -0.2) is 38.1 Å². The van der Waals surface area contributed by atoms with Gasteiger partial charge in [0.25, 0.3) is 5.91 Å². The van der Waals surface area contributed by atoms with Crippen LogP contribution in [0.1, 0.15) is 49.0 Å². The number of nitrogens with one attached hydrogen (secondary N) is 1. The van der Waals surface area contributed by atoms with Gasteiger partial charge in [-0.25, -0.2) is 0 Å². The van der Waals surface area contributed by atoms with Gasteiger partial charge in [0.2, 0.25) is 0 Å². The minimum atomic E-state index is 0.108. The second-order valence-corrected chi connectivity index (χ2v) is 7.68. The number of carbonyl (C=O) groups is 1. The number of carbonyl (C=O) groups excluding carboxylic acids is 1. The van der Waals surface area contributed by atoms with Crippen LogP contribution < -0.4 is 4.74 Å². The smallest absolute Gasteiger partial charge is 0.254 e. The molecule has 3 aromatic rings. The van der Waals surface area contributed by atoms with E-state index in [9.17, 15) is 4.79 Å². The van der Waals surface area contributed by atoms with Crippen molar-refractivity contribution in [3.63, 3.8) is 0 Å². The predicted molar refractivity (Wildman–Crippen MR) is 112 cm³/mol. The van der Waals surface area contributed by atoms with Gasteiger partial charge in [-0.3, -0.25) is 14.9 Å². The largest absolute Gasteiger partial charge is 0.487 e. The van der Waals surface area contributed by atoms with Crippen LogP contribution >= 0.6 is 0 Å². The van der Waals surface area contributed by atoms with Gasteiger partial charge in [0.05, 0.1) is 17.6 Å². The number of likely N-dealkylation sites (tertiary alicyclic amines) is 1. The molecule has 2 atom stereocenters. The molecule has 6 nitrogen and oxygen atoms in total. The van der Waals surface area contributed by atoms with Gasteiger partial charge < -0.3 is 9.64 Å². The van der Waals surface area contributed by atoms with E-state index in [-0.39, 0.29) is 18.0 Å². The molecule has 1 amide bonds. The van der Waals surface area contributed by atoms with E-state index in [2.05, 4.69) is 29.0 Å². The van der Waals surface area contributed by atoms with E-state index in [1.165, 1.54) is 6.42 Å². The second kappa shape index (κ2) is 8.47. The van der Waals surface area contributed by atoms with Crippen molar-refractivity contribution in [1.29, 1.82) is 0 Å². The van der Waals surface area contributed by atoms with Crippen LogP contribution in [-0.2, 0) is 6.61 Å². The number of pyridine rings is 1. The van der Waals surface area contributed by atoms with E-state index in [0.717, 1.165) is 35.4 Å². The number of piperidine rings is 1. The van der Waals surface area contributed by atoms with E-state index < -0.39 is 0 Å². The van der Waals surface area contributed by atoms with Crippen molar-refractivity contribution >= 4 is 5.91 Å². The Balaban J connectivity index is 1.42. The highest BCUT2D eigenvalue weighted by molar-refractivity contribution is 5.94. The number of aromatic nitrogens is 3. The van der Waals surface area contributed by atoms with Crippen molar-refractivity contribution in [2.75, 3.05) is 0 Å². The zero-order valence-electron chi connectivity index (χ0n) is 16.8. The highest BCUT2D eigenvalue weighted by atomic mass is 16.5. The van der Waals surface area contributed by atoms with Crippen LogP contribution in [0.5, 0.6) is 5.75 Å². The van der Waals surface area contributed by atoms with E-state index in [1.54, 1.807) is 12.4 Å². The van der Waals surface area contributed by atoms with Crippen LogP contribution in [0.2, 0.25) is 0 Å². The van der Waals surface area contributed by atoms with Crippen molar-refractivity contribution in [2.45, 2.75) is 51.8 Å². The summed E-state index contributed by atoms with van der Waals surface area (Å²) in [5.41, 5.74) is 3.36. The number of benzene rings is 1. The molecule has 4 rings (SSSR count). The Morgan fingerprint density at radius 3 is 2.69 bits per heavy atom. The predicted octanol–water partition coefficient (Wildman–Crippen LogP) is 4.45. The first-order valence-electron chi connectivity index (χ1n) is 10.1. The number of ether oxygens (including phenoxy) is 1. The molecule has 0 bridgehead atoms. The van der Waals surface area contributed by atoms with Crippen LogP contribution in [0.15, 0.2) is 54.9 Å². The first-order valence-corrected chi connectivity index (χ1v) is 10.1. The van der Waals surface area contributed by atoms with Crippen molar-refractivity contribution in [2.24, 2.45) is 0 Å². The summed E-state index contributed by atoms with van der Waals surface area (Å²) in [5.74, 6) is 0.792. The molecule has 1 N–H and O–H groups in total. The van der Waals surface area contributed by atoms with Crippen molar-refractivity contribution < 1.29 is 9.53 Å². The van der Waals surface area contributed by atoms with Gasteiger partial charge in [-0.1, -0.05) is 12.1 Å². The molecule has 6 heteroatoms. The maximum Gasteiger partial charge on any atom is 0.254 e. The molecule has 150 valence electrons. The van der Waals surface area contributed by atoms with Crippen LogP contribution in [0.4, 0.5) is 0 Å². The number of H-pyrrole nitrogens is 1. The van der Waals surface area contributed by atoms with Gasteiger partial charge in [-0.2, -0.15) is 5.10 Å². The number of aromatic amines is 1. The SMILES string of the molecule is CC1CCCC(C)N1C(=O)c1cccc(COc2ccc(-c3ccn[nH]3)nc2)c1. The van der Waals surface area contributed by atoms with Crippen molar-refractivity contribution in [3.05, 3.63) is 66.0 Å². The minimum absolute atomic E-state index is 0.108. The van der Waals surface area contributed by atoms with E-state index >= 15 is 0 Å². The van der Waals surface area contributed by atoms with Gasteiger partial charge in [-0.15, -0.1) is 0 Å². The number of nitrogens with zero attached hydrogens (tertiary/aromatic N) is 3. The van der Waals surface area contributed by atoms with Gasteiger partial charge in [0.15, 0.2) is 0 Å². The first-order chi connectivity index (χ1) is 14.1. The Kier molecular flexibility index (Phi) is 5.60. The third-order valence-corrected chi connectivity index (χ3v) is 5.52. The third kappa shape index (κ3) is 4.31. The molecule has 0 radical (unpaired) electrons. The lowest BCUT2D eigenvalue weighted by molar-refractivity contribution is 0.0510. The maximum atomic E-state index is 13.1. The number of amides is 1. The standard InChI is InChI=1S/C23H26N4O2/c1-16-5-3-6-17(2)27(16)23(28)19-8-4-7-18(13-19)15-29-20-9-10-21(24-14-20)22-11-12-25-26-22/h4,7-14,16-17H,3,5-6,15H2,1-2H3,(H,25,26). The second-order valence-electron chi connectivity index (χ2n) is 7.68. The summed E-state index contributed by atoms with van der Waals surface area (Å²) in [5, 5.41) is 6.83. The lowest BCUT2D eigenvalue weighted by Crippen LogP contribution is -2.47. The molecule has 29 heavy (non-hydrogen) atoms. The molecule has 0 aliphatic carbocycles. The number of rotatable bonds is 5. The number of hydrogen-bond donors (Lipinski definition) is 1. The fourth-order valence-electron chi connectivity index (χ4n) is 3.96. The average molecular weight is 390 g/mol. The monoisotopic (exact) mass is 390 g/mol. The molecule has 1 aromatic carbocycles. The third-order valence-electron chi connectivity index (χ3n) is 5.52. The Morgan fingerprint density at radius 1 is 1.17 bits per heavy atom. The van der Waals surface area contributed by atoms with E-state index in [1.807, 2.05) is 47.4 Å². The average Bonchev–Trinajstić information content (AvgIpc) is 3.27. The van der Waals surface area contributed by atoms with Crippen LogP contribution in [0, 0.1) is 0 Å². The lowest BCUT2D eigenvalue weighted by Gasteiger charge is -2.39. The molecule has 3 heterocycles. The lowest BCUT2D eigenvalue weighted by atomic mass is 9.96. The van der Waals surface area contributed by atoms with Crippen LogP contribution in [0.3, 0.4) is 0 Å².